The summed E-state index contributed by atoms with van der Waals surface area (Å²) in [6, 6.07) is 6.30. The maximum Gasteiger partial charge on any atom is 0.321 e. The molecule has 1 aromatic carbocycles. The molecular weight excluding hydrogens is 398 g/mol. The normalized spacial score (nSPS) is 10.9. The zero-order valence-corrected chi connectivity index (χ0v) is 19.7. The second-order valence-electron chi connectivity index (χ2n) is 7.88. The van der Waals surface area contributed by atoms with Gasteiger partial charge in [0, 0.05) is 27.2 Å². The third kappa shape index (κ3) is 7.11. The number of unbranched alkanes of at least 4 members (excludes halogenated alkanes) is 1. The van der Waals surface area contributed by atoms with E-state index in [4.69, 9.17) is 0 Å². The van der Waals surface area contributed by atoms with Crippen molar-refractivity contribution in [2.24, 2.45) is 0 Å². The van der Waals surface area contributed by atoms with Crippen molar-refractivity contribution in [2.75, 3.05) is 39.5 Å². The number of amides is 3. The molecule has 0 fully saturated rings. The Hall–Kier alpha value is -2.45. The number of benzene rings is 1. The number of nitrogens with one attached hydrogen (secondary N) is 2. The summed E-state index contributed by atoms with van der Waals surface area (Å²) in [5.41, 5.74) is 4.59. The first-order chi connectivity index (χ1) is 14.2. The lowest BCUT2D eigenvalue weighted by Crippen LogP contribution is -2.30. The van der Waals surface area contributed by atoms with Crippen molar-refractivity contribution in [3.05, 3.63) is 45.5 Å². The zero-order chi connectivity index (χ0) is 22.3. The maximum absolute atomic E-state index is 12.1. The van der Waals surface area contributed by atoms with E-state index in [1.54, 1.807) is 21.0 Å². The number of carbonyl (C=O) groups excluding carboxylic acids is 2. The summed E-state index contributed by atoms with van der Waals surface area (Å²) in [7, 11) is 5.51. The van der Waals surface area contributed by atoms with Crippen LogP contribution in [0.4, 0.5) is 9.93 Å². The Balaban J connectivity index is 1.67. The fourth-order valence-electron chi connectivity index (χ4n) is 2.99. The second-order valence-corrected chi connectivity index (χ2v) is 8.88. The molecule has 2 N–H and O–H groups in total. The summed E-state index contributed by atoms with van der Waals surface area (Å²) >= 11 is 1.19. The molecule has 7 nitrogen and oxygen atoms in total. The van der Waals surface area contributed by atoms with E-state index in [0.29, 0.717) is 22.2 Å². The van der Waals surface area contributed by atoms with Crippen LogP contribution < -0.4 is 10.6 Å². The highest BCUT2D eigenvalue weighted by molar-refractivity contribution is 7.17. The summed E-state index contributed by atoms with van der Waals surface area (Å²) in [5.74, 6) is -0.108. The number of aromatic nitrogens is 1. The summed E-state index contributed by atoms with van der Waals surface area (Å²) in [5, 5.41) is 6.00. The Labute approximate surface area is 183 Å². The molecule has 30 heavy (non-hydrogen) atoms. The molecule has 2 aromatic rings. The van der Waals surface area contributed by atoms with Gasteiger partial charge in [0.2, 0.25) is 0 Å². The molecule has 2 rings (SSSR count). The number of anilines is 1. The predicted octanol–water partition coefficient (Wildman–Crippen LogP) is 3.80. The molecule has 0 saturated carbocycles. The number of urea groups is 1. The number of carbonyl (C=O) groups is 2. The van der Waals surface area contributed by atoms with Gasteiger partial charge >= 0.3 is 6.03 Å². The predicted molar refractivity (Wildman–Crippen MR) is 123 cm³/mol. The Bertz CT molecular complexity index is 878. The van der Waals surface area contributed by atoms with Crippen LogP contribution in [0.15, 0.2) is 18.2 Å². The van der Waals surface area contributed by atoms with Crippen molar-refractivity contribution >= 4 is 28.4 Å². The minimum absolute atomic E-state index is 0.108. The van der Waals surface area contributed by atoms with Crippen LogP contribution in [0.3, 0.4) is 0 Å². The van der Waals surface area contributed by atoms with Crippen molar-refractivity contribution in [2.45, 2.75) is 40.2 Å². The first-order valence-corrected chi connectivity index (χ1v) is 11.0. The van der Waals surface area contributed by atoms with Crippen LogP contribution in [0, 0.1) is 20.8 Å². The fourth-order valence-corrected chi connectivity index (χ4v) is 3.98. The van der Waals surface area contributed by atoms with Gasteiger partial charge in [0.15, 0.2) is 5.13 Å². The molecule has 0 spiro atoms. The van der Waals surface area contributed by atoms with E-state index in [-0.39, 0.29) is 11.9 Å². The van der Waals surface area contributed by atoms with E-state index < -0.39 is 0 Å². The number of rotatable bonds is 9. The molecule has 0 radical (unpaired) electrons. The second kappa shape index (κ2) is 11.1. The summed E-state index contributed by atoms with van der Waals surface area (Å²) in [6.45, 7) is 8.53. The van der Waals surface area contributed by atoms with Gasteiger partial charge in [0.25, 0.3) is 5.91 Å². The third-order valence-electron chi connectivity index (χ3n) is 4.89. The van der Waals surface area contributed by atoms with Gasteiger partial charge in [0.05, 0.1) is 5.69 Å². The van der Waals surface area contributed by atoms with Gasteiger partial charge in [0.1, 0.15) is 4.88 Å². The average Bonchev–Trinajstić information content (AvgIpc) is 3.03. The first kappa shape index (κ1) is 23.8. The highest BCUT2D eigenvalue weighted by Gasteiger charge is 2.17. The molecule has 164 valence electrons. The molecule has 0 aliphatic carbocycles. The number of nitrogens with zero attached hydrogens (tertiary/aromatic N) is 3. The van der Waals surface area contributed by atoms with Crippen LogP contribution in [-0.4, -0.2) is 61.0 Å². The SMILES string of the molecule is Cc1ccc(CN(C)CCCCNC(=O)Nc2nc(C)c(C(=O)N(C)C)s2)cc1C. The van der Waals surface area contributed by atoms with Crippen LogP contribution in [-0.2, 0) is 6.54 Å². The number of hydrogen-bond acceptors (Lipinski definition) is 5. The van der Waals surface area contributed by atoms with Crippen LogP contribution >= 0.6 is 11.3 Å². The zero-order valence-electron chi connectivity index (χ0n) is 18.8. The smallest absolute Gasteiger partial charge is 0.321 e. The van der Waals surface area contributed by atoms with Crippen LogP contribution in [0.25, 0.3) is 0 Å². The van der Waals surface area contributed by atoms with Gasteiger partial charge in [-0.05, 0) is 63.9 Å². The topological polar surface area (TPSA) is 77.6 Å². The van der Waals surface area contributed by atoms with Crippen molar-refractivity contribution in [3.63, 3.8) is 0 Å². The minimum atomic E-state index is -0.295. The number of aryl methyl sites for hydroxylation is 3. The van der Waals surface area contributed by atoms with E-state index in [0.717, 1.165) is 25.9 Å². The van der Waals surface area contributed by atoms with E-state index in [9.17, 15) is 9.59 Å². The van der Waals surface area contributed by atoms with Crippen molar-refractivity contribution < 1.29 is 9.59 Å². The molecule has 0 bridgehead atoms. The highest BCUT2D eigenvalue weighted by Crippen LogP contribution is 2.23. The molecule has 8 heteroatoms. The van der Waals surface area contributed by atoms with Gasteiger partial charge in [-0.1, -0.05) is 29.5 Å². The fraction of sp³-hybridized carbons (Fsp3) is 0.500. The monoisotopic (exact) mass is 431 g/mol. The van der Waals surface area contributed by atoms with Crippen LogP contribution in [0.2, 0.25) is 0 Å². The lowest BCUT2D eigenvalue weighted by molar-refractivity contribution is 0.0831. The Morgan fingerprint density at radius 3 is 2.47 bits per heavy atom. The van der Waals surface area contributed by atoms with Gasteiger partial charge in [-0.3, -0.25) is 10.1 Å². The molecule has 0 saturated heterocycles. The van der Waals surface area contributed by atoms with Gasteiger partial charge < -0.3 is 15.1 Å². The maximum atomic E-state index is 12.1. The minimum Gasteiger partial charge on any atom is -0.344 e. The summed E-state index contributed by atoms with van der Waals surface area (Å²) < 4.78 is 0. The van der Waals surface area contributed by atoms with Crippen molar-refractivity contribution in [1.82, 2.24) is 20.1 Å². The number of hydrogen-bond donors (Lipinski definition) is 2. The van der Waals surface area contributed by atoms with Crippen molar-refractivity contribution in [3.8, 4) is 0 Å². The highest BCUT2D eigenvalue weighted by atomic mass is 32.1. The quantitative estimate of drug-likeness (QED) is 0.592. The summed E-state index contributed by atoms with van der Waals surface area (Å²) in [4.78, 5) is 32.8. The molecule has 0 unspecified atom stereocenters. The van der Waals surface area contributed by atoms with Gasteiger partial charge in [-0.2, -0.15) is 0 Å². The van der Waals surface area contributed by atoms with Gasteiger partial charge in [-0.15, -0.1) is 0 Å². The van der Waals surface area contributed by atoms with E-state index in [2.05, 4.69) is 59.6 Å². The number of thiazole rings is 1. The molecule has 0 aliphatic heterocycles. The molecule has 3 amide bonds. The van der Waals surface area contributed by atoms with E-state index in [1.807, 2.05) is 0 Å². The molecule has 0 aliphatic rings. The van der Waals surface area contributed by atoms with Crippen LogP contribution in [0.1, 0.15) is 44.9 Å². The average molecular weight is 432 g/mol. The van der Waals surface area contributed by atoms with E-state index >= 15 is 0 Å². The Morgan fingerprint density at radius 1 is 1.07 bits per heavy atom. The van der Waals surface area contributed by atoms with E-state index in [1.165, 1.54) is 32.9 Å². The molecular formula is C22H33N5O2S. The molecule has 1 aromatic heterocycles. The Morgan fingerprint density at radius 2 is 1.80 bits per heavy atom. The lowest BCUT2D eigenvalue weighted by atomic mass is 10.1. The van der Waals surface area contributed by atoms with Gasteiger partial charge in [-0.25, -0.2) is 9.78 Å². The largest absolute Gasteiger partial charge is 0.344 e. The lowest BCUT2D eigenvalue weighted by Gasteiger charge is -2.17. The molecule has 1 heterocycles. The summed E-state index contributed by atoms with van der Waals surface area (Å²) in [6.07, 6.45) is 1.89. The molecule has 0 atom stereocenters. The first-order valence-electron chi connectivity index (χ1n) is 10.2. The van der Waals surface area contributed by atoms with Crippen LogP contribution in [0.5, 0.6) is 0 Å². The third-order valence-corrected chi connectivity index (χ3v) is 5.95. The van der Waals surface area contributed by atoms with Crippen molar-refractivity contribution in [1.29, 1.82) is 0 Å². The standard InChI is InChI=1S/C22H33N5O2S/c1-15-9-10-18(13-16(15)2)14-27(6)12-8-7-11-23-21(29)25-22-24-17(3)19(30-22)20(28)26(4)5/h9-10,13H,7-8,11-12,14H2,1-6H3,(H2,23,24,25,29). The Kier molecular flexibility index (Phi) is 8.80.